The Kier molecular flexibility index (Phi) is 6.95. The van der Waals surface area contributed by atoms with Gasteiger partial charge < -0.3 is 15.2 Å². The van der Waals surface area contributed by atoms with Crippen molar-refractivity contribution in [2.75, 3.05) is 19.7 Å². The van der Waals surface area contributed by atoms with Crippen LogP contribution in [0.3, 0.4) is 0 Å². The van der Waals surface area contributed by atoms with Gasteiger partial charge in [0.05, 0.1) is 6.61 Å². The zero-order valence-electron chi connectivity index (χ0n) is 11.3. The molecule has 0 spiro atoms. The Balaban J connectivity index is 2.60. The van der Waals surface area contributed by atoms with E-state index in [2.05, 4.69) is 15.3 Å². The van der Waals surface area contributed by atoms with Gasteiger partial charge in [-0.2, -0.15) is 0 Å². The highest BCUT2D eigenvalue weighted by Gasteiger charge is 2.18. The summed E-state index contributed by atoms with van der Waals surface area (Å²) in [6.45, 7) is 3.26. The van der Waals surface area contributed by atoms with Crippen LogP contribution in [0.1, 0.15) is 24.9 Å². The third kappa shape index (κ3) is 5.17. The predicted molar refractivity (Wildman–Crippen MR) is 74.6 cm³/mol. The molecule has 0 radical (unpaired) electrons. The Bertz CT molecular complexity index is 469. The number of benzene rings is 1. The molecular formula is C13H18N4O3. The van der Waals surface area contributed by atoms with Crippen LogP contribution in [0.2, 0.25) is 0 Å². The fourth-order valence-corrected chi connectivity index (χ4v) is 1.71. The average molecular weight is 278 g/mol. The normalized spacial score (nSPS) is 11.4. The first-order chi connectivity index (χ1) is 9.69. The van der Waals surface area contributed by atoms with Crippen molar-refractivity contribution in [3.8, 4) is 5.75 Å². The lowest BCUT2D eigenvalue weighted by Crippen LogP contribution is -2.29. The largest absolute Gasteiger partial charge is 0.494 e. The van der Waals surface area contributed by atoms with Gasteiger partial charge in [0.25, 0.3) is 0 Å². The van der Waals surface area contributed by atoms with Gasteiger partial charge in [-0.25, -0.2) is 0 Å². The summed E-state index contributed by atoms with van der Waals surface area (Å²) in [4.78, 5) is 13.9. The molecule has 7 heteroatoms. The number of carboxylic acid groups (broad SMARTS) is 1. The molecule has 0 aliphatic rings. The average Bonchev–Trinajstić information content (AvgIpc) is 2.44. The first-order valence-corrected chi connectivity index (χ1v) is 6.38. The summed E-state index contributed by atoms with van der Waals surface area (Å²) in [5, 5.41) is 15.5. The van der Waals surface area contributed by atoms with Crippen molar-refractivity contribution in [2.24, 2.45) is 5.11 Å². The number of nitrogens with zero attached hydrogens (tertiary/aromatic N) is 3. The third-order valence-electron chi connectivity index (χ3n) is 2.62. The van der Waals surface area contributed by atoms with Gasteiger partial charge in [-0.3, -0.25) is 4.79 Å². The van der Waals surface area contributed by atoms with Crippen molar-refractivity contribution >= 4 is 5.97 Å². The second-order valence-corrected chi connectivity index (χ2v) is 4.04. The second kappa shape index (κ2) is 8.79. The van der Waals surface area contributed by atoms with Crippen molar-refractivity contribution in [3.63, 3.8) is 0 Å². The van der Waals surface area contributed by atoms with Gasteiger partial charge in [0.15, 0.2) is 0 Å². The van der Waals surface area contributed by atoms with Crippen LogP contribution in [-0.2, 0) is 4.79 Å². The molecule has 0 bridgehead atoms. The maximum absolute atomic E-state index is 11.3. The minimum atomic E-state index is -0.946. The molecule has 1 atom stereocenters. The van der Waals surface area contributed by atoms with Gasteiger partial charge in [-0.05, 0) is 43.1 Å². The Hall–Kier alpha value is -2.24. The van der Waals surface area contributed by atoms with Crippen molar-refractivity contribution in [3.05, 3.63) is 40.3 Å². The van der Waals surface area contributed by atoms with E-state index < -0.39 is 12.0 Å². The molecule has 0 fully saturated rings. The fourth-order valence-electron chi connectivity index (χ4n) is 1.71. The number of hydrogen-bond acceptors (Lipinski definition) is 4. The highest BCUT2D eigenvalue weighted by atomic mass is 16.5. The molecule has 0 saturated carbocycles. The quantitative estimate of drug-likeness (QED) is 0.313. The molecule has 7 nitrogen and oxygen atoms in total. The van der Waals surface area contributed by atoms with Crippen molar-refractivity contribution in [1.82, 2.24) is 5.32 Å². The highest BCUT2D eigenvalue weighted by molar-refractivity contribution is 5.75. The molecule has 1 aromatic rings. The molecule has 0 aromatic heterocycles. The molecule has 108 valence electrons. The molecule has 1 unspecified atom stereocenters. The van der Waals surface area contributed by atoms with Gasteiger partial charge in [0, 0.05) is 11.5 Å². The topological polar surface area (TPSA) is 107 Å². The van der Waals surface area contributed by atoms with E-state index in [9.17, 15) is 9.90 Å². The molecule has 20 heavy (non-hydrogen) atoms. The molecule has 0 aliphatic heterocycles. The van der Waals surface area contributed by atoms with Crippen LogP contribution in [0.4, 0.5) is 0 Å². The van der Waals surface area contributed by atoms with Crippen LogP contribution in [0.5, 0.6) is 5.75 Å². The minimum Gasteiger partial charge on any atom is -0.494 e. The zero-order valence-corrected chi connectivity index (χ0v) is 11.3. The van der Waals surface area contributed by atoms with Gasteiger partial charge in [-0.15, -0.1) is 0 Å². The molecule has 0 amide bonds. The van der Waals surface area contributed by atoms with E-state index in [1.54, 1.807) is 24.3 Å². The number of rotatable bonds is 9. The number of hydrogen-bond donors (Lipinski definition) is 2. The predicted octanol–water partition coefficient (Wildman–Crippen LogP) is 2.50. The van der Waals surface area contributed by atoms with Gasteiger partial charge in [-0.1, -0.05) is 17.2 Å². The van der Waals surface area contributed by atoms with E-state index in [0.717, 1.165) is 0 Å². The Labute approximate surface area is 117 Å². The lowest BCUT2D eigenvalue weighted by atomic mass is 10.1. The summed E-state index contributed by atoms with van der Waals surface area (Å²) in [6, 6.07) is 6.16. The SMILES string of the molecule is CCOc1ccc(C(NCCCN=[N+]=[N-])C(=O)O)cc1. The standard InChI is InChI=1S/C13H18N4O3/c1-2-20-11-6-4-10(5-7-11)12(13(18)19)15-8-3-9-16-17-14/h4-7,12,15H,2-3,8-9H2,1H3,(H,18,19). The van der Waals surface area contributed by atoms with Gasteiger partial charge in [0.2, 0.25) is 0 Å². The van der Waals surface area contributed by atoms with E-state index in [1.807, 2.05) is 6.92 Å². The van der Waals surface area contributed by atoms with E-state index in [4.69, 9.17) is 10.3 Å². The zero-order chi connectivity index (χ0) is 14.8. The second-order valence-electron chi connectivity index (χ2n) is 4.04. The molecule has 1 rings (SSSR count). The van der Waals surface area contributed by atoms with Crippen LogP contribution in [0.15, 0.2) is 29.4 Å². The first kappa shape index (κ1) is 15.8. The molecule has 0 heterocycles. The number of azide groups is 1. The van der Waals surface area contributed by atoms with Gasteiger partial charge >= 0.3 is 5.97 Å². The monoisotopic (exact) mass is 278 g/mol. The number of carbonyl (C=O) groups is 1. The van der Waals surface area contributed by atoms with Crippen LogP contribution >= 0.6 is 0 Å². The van der Waals surface area contributed by atoms with Crippen LogP contribution in [0.25, 0.3) is 10.4 Å². The summed E-state index contributed by atoms with van der Waals surface area (Å²) in [5.74, 6) is -0.235. The molecule has 1 aromatic carbocycles. The van der Waals surface area contributed by atoms with Crippen LogP contribution in [0, 0.1) is 0 Å². The van der Waals surface area contributed by atoms with Gasteiger partial charge in [0.1, 0.15) is 11.8 Å². The summed E-state index contributed by atoms with van der Waals surface area (Å²) >= 11 is 0. The van der Waals surface area contributed by atoms with Crippen LogP contribution < -0.4 is 10.1 Å². The molecule has 2 N–H and O–H groups in total. The number of carboxylic acids is 1. The Morgan fingerprint density at radius 2 is 2.20 bits per heavy atom. The number of aliphatic carboxylic acids is 1. The maximum atomic E-state index is 11.3. The van der Waals surface area contributed by atoms with Crippen molar-refractivity contribution in [1.29, 1.82) is 0 Å². The highest BCUT2D eigenvalue weighted by Crippen LogP contribution is 2.18. The number of ether oxygens (including phenoxy) is 1. The summed E-state index contributed by atoms with van der Waals surface area (Å²) in [6.07, 6.45) is 0.588. The third-order valence-corrected chi connectivity index (χ3v) is 2.62. The molecule has 0 saturated heterocycles. The molecule has 0 aliphatic carbocycles. The van der Waals surface area contributed by atoms with Crippen LogP contribution in [-0.4, -0.2) is 30.8 Å². The van der Waals surface area contributed by atoms with E-state index >= 15 is 0 Å². The Morgan fingerprint density at radius 3 is 2.75 bits per heavy atom. The van der Waals surface area contributed by atoms with Crippen molar-refractivity contribution < 1.29 is 14.6 Å². The van der Waals surface area contributed by atoms with Crippen molar-refractivity contribution in [2.45, 2.75) is 19.4 Å². The number of nitrogens with one attached hydrogen (secondary N) is 1. The molecular weight excluding hydrogens is 260 g/mol. The lowest BCUT2D eigenvalue weighted by molar-refractivity contribution is -0.139. The summed E-state index contributed by atoms with van der Waals surface area (Å²) in [7, 11) is 0. The minimum absolute atomic E-state index is 0.346. The van der Waals surface area contributed by atoms with E-state index in [-0.39, 0.29) is 0 Å². The summed E-state index contributed by atoms with van der Waals surface area (Å²) < 4.78 is 5.31. The smallest absolute Gasteiger partial charge is 0.325 e. The summed E-state index contributed by atoms with van der Waals surface area (Å²) in [5.41, 5.74) is 8.80. The fraction of sp³-hybridized carbons (Fsp3) is 0.462. The van der Waals surface area contributed by atoms with E-state index in [1.165, 1.54) is 0 Å². The van der Waals surface area contributed by atoms with E-state index in [0.29, 0.717) is 37.4 Å². The Morgan fingerprint density at radius 1 is 1.50 bits per heavy atom. The first-order valence-electron chi connectivity index (χ1n) is 6.38. The lowest BCUT2D eigenvalue weighted by Gasteiger charge is -2.15. The maximum Gasteiger partial charge on any atom is 0.325 e.